The maximum atomic E-state index is 12.4. The molecule has 5 nitrogen and oxygen atoms in total. The summed E-state index contributed by atoms with van der Waals surface area (Å²) in [6, 6.07) is 0. The lowest BCUT2D eigenvalue weighted by Crippen LogP contribution is -2.46. The number of rotatable bonds is 3. The van der Waals surface area contributed by atoms with Crippen LogP contribution in [0.1, 0.15) is 28.3 Å². The monoisotopic (exact) mass is 322 g/mol. The highest BCUT2D eigenvalue weighted by molar-refractivity contribution is 7.09. The fourth-order valence-electron chi connectivity index (χ4n) is 2.35. The molecule has 0 radical (unpaired) electrons. The zero-order chi connectivity index (χ0) is 15.6. The number of aromatic carboxylic acids is 1. The third kappa shape index (κ3) is 3.93. The van der Waals surface area contributed by atoms with Crippen molar-refractivity contribution in [1.29, 1.82) is 0 Å². The molecular formula is C12H13F3N2O3S. The van der Waals surface area contributed by atoms with Gasteiger partial charge >= 0.3 is 18.1 Å². The van der Waals surface area contributed by atoms with Gasteiger partial charge in [-0.1, -0.05) is 0 Å². The number of piperidine rings is 1. The SMILES string of the molecule is O=C(O)c1csc(CC2CCCN(C(=O)C(F)(F)F)C2)n1. The molecule has 0 aromatic carbocycles. The van der Waals surface area contributed by atoms with Crippen LogP contribution in [0, 0.1) is 5.92 Å². The van der Waals surface area contributed by atoms with Crippen LogP contribution in [0.15, 0.2) is 5.38 Å². The van der Waals surface area contributed by atoms with E-state index in [1.807, 2.05) is 0 Å². The number of halogens is 3. The Kier molecular flexibility index (Phi) is 4.50. The summed E-state index contributed by atoms with van der Waals surface area (Å²) in [4.78, 5) is 26.7. The first-order valence-corrected chi connectivity index (χ1v) is 7.19. The van der Waals surface area contributed by atoms with Crippen LogP contribution in [0.5, 0.6) is 0 Å². The van der Waals surface area contributed by atoms with Gasteiger partial charge in [0.1, 0.15) is 0 Å². The molecule has 2 rings (SSSR count). The van der Waals surface area contributed by atoms with E-state index in [2.05, 4.69) is 4.98 Å². The van der Waals surface area contributed by atoms with Gasteiger partial charge in [0.05, 0.1) is 5.01 Å². The summed E-state index contributed by atoms with van der Waals surface area (Å²) in [7, 11) is 0. The number of nitrogens with zero attached hydrogens (tertiary/aromatic N) is 2. The fraction of sp³-hybridized carbons (Fsp3) is 0.583. The minimum Gasteiger partial charge on any atom is -0.476 e. The van der Waals surface area contributed by atoms with Crippen LogP contribution < -0.4 is 0 Å². The van der Waals surface area contributed by atoms with Crippen LogP contribution in [0.2, 0.25) is 0 Å². The molecule has 1 atom stereocenters. The van der Waals surface area contributed by atoms with E-state index >= 15 is 0 Å². The van der Waals surface area contributed by atoms with Crippen LogP contribution in [0.4, 0.5) is 13.2 Å². The number of carboxylic acid groups (broad SMARTS) is 1. The number of alkyl halides is 3. The van der Waals surface area contributed by atoms with Crippen LogP contribution in [0.25, 0.3) is 0 Å². The van der Waals surface area contributed by atoms with Crippen molar-refractivity contribution in [3.63, 3.8) is 0 Å². The molecule has 1 fully saturated rings. The van der Waals surface area contributed by atoms with Gasteiger partial charge in [0, 0.05) is 24.9 Å². The highest BCUT2D eigenvalue weighted by Crippen LogP contribution is 2.26. The first-order valence-electron chi connectivity index (χ1n) is 6.31. The predicted molar refractivity (Wildman–Crippen MR) is 68.1 cm³/mol. The average molecular weight is 322 g/mol. The molecule has 1 aliphatic heterocycles. The maximum absolute atomic E-state index is 12.4. The summed E-state index contributed by atoms with van der Waals surface area (Å²) in [6.07, 6.45) is -3.26. The van der Waals surface area contributed by atoms with Gasteiger partial charge in [0.25, 0.3) is 0 Å². The van der Waals surface area contributed by atoms with Crippen molar-refractivity contribution in [3.05, 3.63) is 16.1 Å². The molecule has 0 bridgehead atoms. The summed E-state index contributed by atoms with van der Waals surface area (Å²) in [6.45, 7) is 0.132. The summed E-state index contributed by atoms with van der Waals surface area (Å²) in [5.41, 5.74) is -0.0611. The van der Waals surface area contributed by atoms with Crippen molar-refractivity contribution in [2.45, 2.75) is 25.4 Å². The Bertz CT molecular complexity index is 544. The highest BCUT2D eigenvalue weighted by Gasteiger charge is 2.43. The number of thiazole rings is 1. The Labute approximate surface area is 122 Å². The molecule has 9 heteroatoms. The summed E-state index contributed by atoms with van der Waals surface area (Å²) < 4.78 is 37.2. The van der Waals surface area contributed by atoms with Crippen molar-refractivity contribution in [3.8, 4) is 0 Å². The number of aromatic nitrogens is 1. The zero-order valence-corrected chi connectivity index (χ0v) is 11.7. The Morgan fingerprint density at radius 2 is 2.19 bits per heavy atom. The second kappa shape index (κ2) is 6.00. The van der Waals surface area contributed by atoms with Gasteiger partial charge in [0.2, 0.25) is 0 Å². The Balaban J connectivity index is 1.98. The lowest BCUT2D eigenvalue weighted by atomic mass is 9.95. The van der Waals surface area contributed by atoms with E-state index in [9.17, 15) is 22.8 Å². The summed E-state index contributed by atoms with van der Waals surface area (Å²) in [5, 5.41) is 10.7. The lowest BCUT2D eigenvalue weighted by Gasteiger charge is -2.32. The minimum absolute atomic E-state index is 0.0281. The van der Waals surface area contributed by atoms with Gasteiger partial charge in [0.15, 0.2) is 5.69 Å². The number of carbonyl (C=O) groups excluding carboxylic acids is 1. The molecule has 2 heterocycles. The number of carboxylic acids is 1. The average Bonchev–Trinajstić information content (AvgIpc) is 2.86. The largest absolute Gasteiger partial charge is 0.476 e. The molecule has 1 saturated heterocycles. The van der Waals surface area contributed by atoms with Crippen molar-refractivity contribution in [2.24, 2.45) is 5.92 Å². The molecule has 1 unspecified atom stereocenters. The van der Waals surface area contributed by atoms with E-state index in [0.717, 1.165) is 4.90 Å². The van der Waals surface area contributed by atoms with Crippen molar-refractivity contribution < 1.29 is 27.9 Å². The molecule has 21 heavy (non-hydrogen) atoms. The second-order valence-corrected chi connectivity index (χ2v) is 5.84. The molecule has 116 valence electrons. The number of hydrogen-bond acceptors (Lipinski definition) is 4. The standard InChI is InChI=1S/C12H13F3N2O3S/c13-12(14,15)11(20)17-3-1-2-7(5-17)4-9-16-8(6-21-9)10(18)19/h6-7H,1-5H2,(H,18,19). The minimum atomic E-state index is -4.85. The van der Waals surface area contributed by atoms with E-state index in [4.69, 9.17) is 5.11 Å². The predicted octanol–water partition coefficient (Wildman–Crippen LogP) is 2.18. The topological polar surface area (TPSA) is 70.5 Å². The van der Waals surface area contributed by atoms with Crippen LogP contribution in [-0.4, -0.2) is 46.1 Å². The van der Waals surface area contributed by atoms with E-state index in [0.29, 0.717) is 24.3 Å². The zero-order valence-electron chi connectivity index (χ0n) is 10.9. The molecular weight excluding hydrogens is 309 g/mol. The van der Waals surface area contributed by atoms with E-state index in [1.54, 1.807) is 0 Å². The Morgan fingerprint density at radius 3 is 2.76 bits per heavy atom. The second-order valence-electron chi connectivity index (χ2n) is 4.89. The maximum Gasteiger partial charge on any atom is 0.471 e. The van der Waals surface area contributed by atoms with Gasteiger partial charge in [-0.25, -0.2) is 9.78 Å². The molecule has 0 aliphatic carbocycles. The number of carbonyl (C=O) groups is 2. The van der Waals surface area contributed by atoms with Crippen LogP contribution >= 0.6 is 11.3 Å². The summed E-state index contributed by atoms with van der Waals surface area (Å²) >= 11 is 1.17. The molecule has 1 aromatic rings. The molecule has 1 N–H and O–H groups in total. The van der Waals surface area contributed by atoms with Gasteiger partial charge in [-0.05, 0) is 18.8 Å². The molecule has 1 aliphatic rings. The number of likely N-dealkylation sites (tertiary alicyclic amines) is 1. The van der Waals surface area contributed by atoms with Crippen LogP contribution in [0.3, 0.4) is 0 Å². The molecule has 1 amide bonds. The first-order chi connectivity index (χ1) is 9.77. The quantitative estimate of drug-likeness (QED) is 0.926. The van der Waals surface area contributed by atoms with E-state index in [1.165, 1.54) is 16.7 Å². The van der Waals surface area contributed by atoms with Gasteiger partial charge < -0.3 is 10.0 Å². The number of hydrogen-bond donors (Lipinski definition) is 1. The lowest BCUT2D eigenvalue weighted by molar-refractivity contribution is -0.187. The van der Waals surface area contributed by atoms with Gasteiger partial charge in [-0.2, -0.15) is 13.2 Å². The van der Waals surface area contributed by atoms with Crippen molar-refractivity contribution in [2.75, 3.05) is 13.1 Å². The molecule has 1 aromatic heterocycles. The van der Waals surface area contributed by atoms with Gasteiger partial charge in [-0.15, -0.1) is 11.3 Å². The Morgan fingerprint density at radius 1 is 1.48 bits per heavy atom. The number of amides is 1. The first kappa shape index (κ1) is 15.7. The van der Waals surface area contributed by atoms with Crippen LogP contribution in [-0.2, 0) is 11.2 Å². The normalized spacial score (nSPS) is 19.6. The highest BCUT2D eigenvalue weighted by atomic mass is 32.1. The third-order valence-electron chi connectivity index (χ3n) is 3.28. The fourth-order valence-corrected chi connectivity index (χ4v) is 3.23. The van der Waals surface area contributed by atoms with Crippen molar-refractivity contribution >= 4 is 23.2 Å². The molecule has 0 saturated carbocycles. The van der Waals surface area contributed by atoms with E-state index < -0.39 is 18.1 Å². The third-order valence-corrected chi connectivity index (χ3v) is 4.15. The van der Waals surface area contributed by atoms with E-state index in [-0.39, 0.29) is 24.7 Å². The van der Waals surface area contributed by atoms with Gasteiger partial charge in [-0.3, -0.25) is 4.79 Å². The molecule has 0 spiro atoms. The smallest absolute Gasteiger partial charge is 0.471 e. The van der Waals surface area contributed by atoms with Crippen molar-refractivity contribution in [1.82, 2.24) is 9.88 Å². The summed E-state index contributed by atoms with van der Waals surface area (Å²) in [5.74, 6) is -3.06. The Hall–Kier alpha value is -1.64.